The van der Waals surface area contributed by atoms with Gasteiger partial charge in [0.2, 0.25) is 0 Å². The summed E-state index contributed by atoms with van der Waals surface area (Å²) in [7, 11) is 0. The predicted molar refractivity (Wildman–Crippen MR) is 70.1 cm³/mol. The Bertz CT molecular complexity index is 582. The molecule has 3 heterocycles. The maximum atomic E-state index is 4.56. The average Bonchev–Trinajstić information content (AvgIpc) is 2.72. The van der Waals surface area contributed by atoms with Crippen LogP contribution in [-0.2, 0) is 0 Å². The molecule has 6 nitrogen and oxygen atoms in total. The van der Waals surface area contributed by atoms with E-state index in [9.17, 15) is 0 Å². The van der Waals surface area contributed by atoms with Gasteiger partial charge in [0.1, 0.15) is 5.82 Å². The summed E-state index contributed by atoms with van der Waals surface area (Å²) in [4.78, 5) is 6.96. The summed E-state index contributed by atoms with van der Waals surface area (Å²) in [6.45, 7) is 10.2. The highest BCUT2D eigenvalue weighted by atomic mass is 15.3. The Hall–Kier alpha value is -1.69. The van der Waals surface area contributed by atoms with E-state index >= 15 is 0 Å². The number of fused-ring (bicyclic) bond motifs is 1. The number of anilines is 1. The van der Waals surface area contributed by atoms with Crippen LogP contribution in [0.3, 0.4) is 0 Å². The van der Waals surface area contributed by atoms with Crippen molar-refractivity contribution in [1.82, 2.24) is 24.9 Å². The average molecular weight is 246 g/mol. The van der Waals surface area contributed by atoms with Crippen molar-refractivity contribution >= 4 is 11.5 Å². The highest BCUT2D eigenvalue weighted by Crippen LogP contribution is 2.24. The summed E-state index contributed by atoms with van der Waals surface area (Å²) >= 11 is 0. The van der Waals surface area contributed by atoms with Gasteiger partial charge in [0, 0.05) is 31.9 Å². The summed E-state index contributed by atoms with van der Waals surface area (Å²) in [6, 6.07) is 0. The Kier molecular flexibility index (Phi) is 2.66. The highest BCUT2D eigenvalue weighted by Gasteiger charge is 2.19. The first-order valence-electron chi connectivity index (χ1n) is 6.33. The monoisotopic (exact) mass is 246 g/mol. The van der Waals surface area contributed by atoms with Gasteiger partial charge in [-0.25, -0.2) is 4.98 Å². The zero-order chi connectivity index (χ0) is 12.7. The molecule has 0 saturated carbocycles. The molecule has 1 aliphatic heterocycles. The maximum Gasteiger partial charge on any atom is 0.255 e. The number of hydrogen-bond donors (Lipinski definition) is 1. The Labute approximate surface area is 106 Å². The SMILES string of the molecule is Cc1nc2nnc(C)n2c(C)c1N1CCNCC1. The van der Waals surface area contributed by atoms with Crippen LogP contribution in [0.5, 0.6) is 0 Å². The predicted octanol–water partition coefficient (Wildman–Crippen LogP) is 0.459. The Morgan fingerprint density at radius 1 is 1.06 bits per heavy atom. The minimum atomic E-state index is 0.696. The van der Waals surface area contributed by atoms with Crippen LogP contribution >= 0.6 is 0 Å². The molecule has 2 aromatic rings. The molecule has 0 bridgehead atoms. The van der Waals surface area contributed by atoms with Crippen LogP contribution in [-0.4, -0.2) is 45.8 Å². The molecule has 2 aromatic heterocycles. The molecule has 0 unspecified atom stereocenters. The number of aromatic nitrogens is 4. The Morgan fingerprint density at radius 3 is 2.50 bits per heavy atom. The van der Waals surface area contributed by atoms with E-state index in [0.29, 0.717) is 5.78 Å². The third-order valence-corrected chi connectivity index (χ3v) is 3.53. The molecule has 0 aliphatic carbocycles. The second-order valence-corrected chi connectivity index (χ2v) is 4.75. The van der Waals surface area contributed by atoms with Gasteiger partial charge < -0.3 is 10.2 Å². The molecule has 0 atom stereocenters. The van der Waals surface area contributed by atoms with Crippen LogP contribution < -0.4 is 10.2 Å². The third kappa shape index (κ3) is 1.64. The van der Waals surface area contributed by atoms with Crippen molar-refractivity contribution in [3.63, 3.8) is 0 Å². The van der Waals surface area contributed by atoms with E-state index < -0.39 is 0 Å². The van der Waals surface area contributed by atoms with Crippen molar-refractivity contribution in [2.75, 3.05) is 31.1 Å². The number of aryl methyl sites for hydroxylation is 3. The van der Waals surface area contributed by atoms with Crippen molar-refractivity contribution in [3.05, 3.63) is 17.2 Å². The molecule has 0 spiro atoms. The first-order valence-corrected chi connectivity index (χ1v) is 6.33. The molecular weight excluding hydrogens is 228 g/mol. The normalized spacial score (nSPS) is 16.5. The zero-order valence-electron chi connectivity index (χ0n) is 11.1. The second-order valence-electron chi connectivity index (χ2n) is 4.75. The lowest BCUT2D eigenvalue weighted by Crippen LogP contribution is -2.44. The third-order valence-electron chi connectivity index (χ3n) is 3.53. The summed E-state index contributed by atoms with van der Waals surface area (Å²) < 4.78 is 2.03. The van der Waals surface area contributed by atoms with Gasteiger partial charge in [-0.15, -0.1) is 10.2 Å². The van der Waals surface area contributed by atoms with Crippen molar-refractivity contribution in [2.24, 2.45) is 0 Å². The molecule has 96 valence electrons. The molecule has 0 radical (unpaired) electrons. The lowest BCUT2D eigenvalue weighted by atomic mass is 10.2. The number of hydrogen-bond acceptors (Lipinski definition) is 5. The molecule has 1 aliphatic rings. The minimum Gasteiger partial charge on any atom is -0.366 e. The van der Waals surface area contributed by atoms with Gasteiger partial charge in [0.05, 0.1) is 11.4 Å². The minimum absolute atomic E-state index is 0.696. The number of rotatable bonds is 1. The quantitative estimate of drug-likeness (QED) is 0.792. The van der Waals surface area contributed by atoms with E-state index in [1.54, 1.807) is 0 Å². The van der Waals surface area contributed by atoms with Gasteiger partial charge >= 0.3 is 0 Å². The first kappa shape index (κ1) is 11.4. The summed E-state index contributed by atoms with van der Waals surface area (Å²) in [6.07, 6.45) is 0. The Balaban J connectivity index is 2.17. The second kappa shape index (κ2) is 4.20. The standard InChI is InChI=1S/C12H18N6/c1-8-11(17-6-4-13-5-7-17)9(2)18-10(3)15-16-12(18)14-8/h13H,4-7H2,1-3H3. The Morgan fingerprint density at radius 2 is 1.78 bits per heavy atom. The summed E-state index contributed by atoms with van der Waals surface area (Å²) in [5.41, 5.74) is 3.45. The molecule has 18 heavy (non-hydrogen) atoms. The van der Waals surface area contributed by atoms with E-state index in [2.05, 4.69) is 32.3 Å². The van der Waals surface area contributed by atoms with Gasteiger partial charge in [-0.2, -0.15) is 0 Å². The lowest BCUT2D eigenvalue weighted by Gasteiger charge is -2.31. The topological polar surface area (TPSA) is 58.4 Å². The number of nitrogens with zero attached hydrogens (tertiary/aromatic N) is 5. The summed E-state index contributed by atoms with van der Waals surface area (Å²) in [5.74, 6) is 1.59. The molecule has 1 saturated heterocycles. The van der Waals surface area contributed by atoms with E-state index in [-0.39, 0.29) is 0 Å². The first-order chi connectivity index (χ1) is 8.68. The van der Waals surface area contributed by atoms with E-state index in [0.717, 1.165) is 37.7 Å². The van der Waals surface area contributed by atoms with Crippen molar-refractivity contribution in [1.29, 1.82) is 0 Å². The molecule has 0 aromatic carbocycles. The van der Waals surface area contributed by atoms with E-state index in [1.165, 1.54) is 11.4 Å². The largest absolute Gasteiger partial charge is 0.366 e. The smallest absolute Gasteiger partial charge is 0.255 e. The highest BCUT2D eigenvalue weighted by molar-refractivity contribution is 5.58. The van der Waals surface area contributed by atoms with E-state index in [1.807, 2.05) is 18.2 Å². The molecule has 3 rings (SSSR count). The van der Waals surface area contributed by atoms with Crippen LogP contribution in [0.25, 0.3) is 5.78 Å². The van der Waals surface area contributed by atoms with Crippen molar-refractivity contribution < 1.29 is 0 Å². The molecule has 1 fully saturated rings. The van der Waals surface area contributed by atoms with Gasteiger partial charge in [-0.3, -0.25) is 4.40 Å². The van der Waals surface area contributed by atoms with Crippen LogP contribution in [0.2, 0.25) is 0 Å². The fraction of sp³-hybridized carbons (Fsp3) is 0.583. The van der Waals surface area contributed by atoms with Crippen LogP contribution in [0.15, 0.2) is 0 Å². The van der Waals surface area contributed by atoms with Gasteiger partial charge in [-0.05, 0) is 20.8 Å². The number of nitrogens with one attached hydrogen (secondary N) is 1. The summed E-state index contributed by atoms with van der Waals surface area (Å²) in [5, 5.41) is 11.6. The van der Waals surface area contributed by atoms with E-state index in [4.69, 9.17) is 0 Å². The lowest BCUT2D eigenvalue weighted by molar-refractivity contribution is 0.585. The van der Waals surface area contributed by atoms with Crippen molar-refractivity contribution in [3.8, 4) is 0 Å². The maximum absolute atomic E-state index is 4.56. The molecular formula is C12H18N6. The fourth-order valence-electron chi connectivity index (χ4n) is 2.73. The van der Waals surface area contributed by atoms with Crippen LogP contribution in [0.1, 0.15) is 17.2 Å². The zero-order valence-corrected chi connectivity index (χ0v) is 11.1. The fourth-order valence-corrected chi connectivity index (χ4v) is 2.73. The van der Waals surface area contributed by atoms with Gasteiger partial charge in [-0.1, -0.05) is 0 Å². The van der Waals surface area contributed by atoms with Crippen molar-refractivity contribution in [2.45, 2.75) is 20.8 Å². The molecule has 0 amide bonds. The van der Waals surface area contributed by atoms with Gasteiger partial charge in [0.15, 0.2) is 0 Å². The van der Waals surface area contributed by atoms with Crippen LogP contribution in [0.4, 0.5) is 5.69 Å². The molecule has 6 heteroatoms. The van der Waals surface area contributed by atoms with Crippen LogP contribution in [0, 0.1) is 20.8 Å². The van der Waals surface area contributed by atoms with Gasteiger partial charge in [0.25, 0.3) is 5.78 Å². The number of piperazine rings is 1. The molecule has 1 N–H and O–H groups in total.